The summed E-state index contributed by atoms with van der Waals surface area (Å²) in [6.07, 6.45) is 2.96. The van der Waals surface area contributed by atoms with Gasteiger partial charge in [-0.2, -0.15) is 0 Å². The highest BCUT2D eigenvalue weighted by Gasteiger charge is 2.29. The van der Waals surface area contributed by atoms with Gasteiger partial charge in [0.15, 0.2) is 0 Å². The minimum Gasteiger partial charge on any atom is -0.393 e. The van der Waals surface area contributed by atoms with Crippen LogP contribution in [0.3, 0.4) is 0 Å². The van der Waals surface area contributed by atoms with E-state index in [4.69, 9.17) is 5.73 Å². The molecular formula is C14H30N2O. The summed E-state index contributed by atoms with van der Waals surface area (Å²) in [5.74, 6) is 0.912. The van der Waals surface area contributed by atoms with Gasteiger partial charge in [0.05, 0.1) is 6.10 Å². The molecule has 0 spiro atoms. The van der Waals surface area contributed by atoms with Gasteiger partial charge in [-0.15, -0.1) is 0 Å². The fraction of sp³-hybridized carbons (Fsp3) is 1.00. The molecule has 0 saturated carbocycles. The van der Waals surface area contributed by atoms with Gasteiger partial charge in [0.25, 0.3) is 0 Å². The molecule has 4 atom stereocenters. The lowest BCUT2D eigenvalue weighted by Crippen LogP contribution is -2.50. The van der Waals surface area contributed by atoms with E-state index < -0.39 is 0 Å². The maximum Gasteiger partial charge on any atom is 0.0566 e. The lowest BCUT2D eigenvalue weighted by Gasteiger charge is -2.40. The average Bonchev–Trinajstić information content (AvgIpc) is 2.26. The van der Waals surface area contributed by atoms with Gasteiger partial charge in [0, 0.05) is 25.2 Å². The van der Waals surface area contributed by atoms with Crippen LogP contribution in [0.2, 0.25) is 0 Å². The standard InChI is InChI=1S/C14H30N2O/c1-5-11(4)16-8-12(6-13(15)9-16)7-14(17)10(2)3/h10-14,17H,5-9,15H2,1-4H3. The molecule has 3 heteroatoms. The zero-order valence-electron chi connectivity index (χ0n) is 11.9. The predicted octanol–water partition coefficient (Wildman–Crippen LogP) is 1.84. The van der Waals surface area contributed by atoms with Gasteiger partial charge in [-0.3, -0.25) is 4.90 Å². The molecule has 0 aromatic carbocycles. The van der Waals surface area contributed by atoms with E-state index in [1.165, 1.54) is 6.42 Å². The summed E-state index contributed by atoms with van der Waals surface area (Å²) in [6, 6.07) is 0.891. The topological polar surface area (TPSA) is 49.5 Å². The number of aliphatic hydroxyl groups is 1. The van der Waals surface area contributed by atoms with Crippen LogP contribution in [0.4, 0.5) is 0 Å². The molecule has 3 N–H and O–H groups in total. The van der Waals surface area contributed by atoms with Gasteiger partial charge in [-0.1, -0.05) is 20.8 Å². The second-order valence-electron chi connectivity index (χ2n) is 6.12. The molecular weight excluding hydrogens is 212 g/mol. The van der Waals surface area contributed by atoms with Gasteiger partial charge >= 0.3 is 0 Å². The first kappa shape index (κ1) is 14.9. The van der Waals surface area contributed by atoms with Crippen molar-refractivity contribution in [3.8, 4) is 0 Å². The van der Waals surface area contributed by atoms with E-state index in [0.29, 0.717) is 17.9 Å². The molecule has 0 amide bonds. The Bertz CT molecular complexity index is 220. The van der Waals surface area contributed by atoms with E-state index in [9.17, 15) is 5.11 Å². The zero-order valence-corrected chi connectivity index (χ0v) is 11.9. The molecule has 0 aromatic heterocycles. The number of nitrogens with two attached hydrogens (primary N) is 1. The van der Waals surface area contributed by atoms with E-state index in [0.717, 1.165) is 25.9 Å². The van der Waals surface area contributed by atoms with Crippen molar-refractivity contribution >= 4 is 0 Å². The van der Waals surface area contributed by atoms with Crippen LogP contribution in [0.25, 0.3) is 0 Å². The normalized spacial score (nSPS) is 30.5. The number of nitrogens with zero attached hydrogens (tertiary/aromatic N) is 1. The van der Waals surface area contributed by atoms with Crippen molar-refractivity contribution in [2.24, 2.45) is 17.6 Å². The Morgan fingerprint density at radius 2 is 1.94 bits per heavy atom. The molecule has 17 heavy (non-hydrogen) atoms. The quantitative estimate of drug-likeness (QED) is 0.773. The van der Waals surface area contributed by atoms with Crippen molar-refractivity contribution in [1.29, 1.82) is 0 Å². The third-order valence-electron chi connectivity index (χ3n) is 4.16. The summed E-state index contributed by atoms with van der Waals surface area (Å²) >= 11 is 0. The Morgan fingerprint density at radius 1 is 1.29 bits per heavy atom. The molecule has 1 rings (SSSR count). The first-order valence-corrected chi connectivity index (χ1v) is 7.11. The number of hydrogen-bond donors (Lipinski definition) is 2. The van der Waals surface area contributed by atoms with Crippen molar-refractivity contribution in [3.05, 3.63) is 0 Å². The Kier molecular flexibility index (Phi) is 5.90. The summed E-state index contributed by atoms with van der Waals surface area (Å²) < 4.78 is 0. The molecule has 0 radical (unpaired) electrons. The molecule has 0 bridgehead atoms. The SMILES string of the molecule is CCC(C)N1CC(N)CC(CC(O)C(C)C)C1. The third kappa shape index (κ3) is 4.57. The Labute approximate surface area is 106 Å². The number of hydrogen-bond acceptors (Lipinski definition) is 3. The summed E-state index contributed by atoms with van der Waals surface area (Å²) in [7, 11) is 0. The van der Waals surface area contributed by atoms with Crippen LogP contribution in [-0.4, -0.2) is 41.3 Å². The van der Waals surface area contributed by atoms with Crippen molar-refractivity contribution in [1.82, 2.24) is 4.90 Å². The van der Waals surface area contributed by atoms with Crippen LogP contribution in [0, 0.1) is 11.8 Å². The van der Waals surface area contributed by atoms with Crippen molar-refractivity contribution in [2.45, 2.75) is 65.1 Å². The predicted molar refractivity (Wildman–Crippen MR) is 72.9 cm³/mol. The highest BCUT2D eigenvalue weighted by Crippen LogP contribution is 2.24. The van der Waals surface area contributed by atoms with Crippen LogP contribution in [0.1, 0.15) is 47.0 Å². The molecule has 0 aromatic rings. The fourth-order valence-electron chi connectivity index (χ4n) is 2.69. The number of piperidine rings is 1. The molecule has 1 saturated heterocycles. The van der Waals surface area contributed by atoms with Gasteiger partial charge in [0.1, 0.15) is 0 Å². The van der Waals surface area contributed by atoms with E-state index in [1.54, 1.807) is 0 Å². The molecule has 1 heterocycles. The maximum atomic E-state index is 9.99. The van der Waals surface area contributed by atoms with Gasteiger partial charge in [-0.25, -0.2) is 0 Å². The summed E-state index contributed by atoms with van der Waals surface area (Å²) in [4.78, 5) is 2.49. The number of rotatable bonds is 5. The Hall–Kier alpha value is -0.120. The molecule has 1 aliphatic heterocycles. The highest BCUT2D eigenvalue weighted by atomic mass is 16.3. The Morgan fingerprint density at radius 3 is 2.47 bits per heavy atom. The van der Waals surface area contributed by atoms with Gasteiger partial charge in [-0.05, 0) is 38.0 Å². The zero-order chi connectivity index (χ0) is 13.0. The van der Waals surface area contributed by atoms with Gasteiger partial charge in [0.2, 0.25) is 0 Å². The highest BCUT2D eigenvalue weighted by molar-refractivity contribution is 4.85. The third-order valence-corrected chi connectivity index (χ3v) is 4.16. The molecule has 1 fully saturated rings. The molecule has 102 valence electrons. The minimum absolute atomic E-state index is 0.177. The number of likely N-dealkylation sites (tertiary alicyclic amines) is 1. The number of aliphatic hydroxyl groups excluding tert-OH is 1. The molecule has 4 unspecified atom stereocenters. The van der Waals surface area contributed by atoms with Gasteiger partial charge < -0.3 is 10.8 Å². The average molecular weight is 242 g/mol. The van der Waals surface area contributed by atoms with Crippen molar-refractivity contribution in [3.63, 3.8) is 0 Å². The fourth-order valence-corrected chi connectivity index (χ4v) is 2.69. The smallest absolute Gasteiger partial charge is 0.0566 e. The Balaban J connectivity index is 2.50. The maximum absolute atomic E-state index is 9.99. The molecule has 3 nitrogen and oxygen atoms in total. The van der Waals surface area contributed by atoms with E-state index in [-0.39, 0.29) is 12.1 Å². The molecule has 1 aliphatic rings. The molecule has 0 aliphatic carbocycles. The first-order chi connectivity index (χ1) is 7.93. The van der Waals surface area contributed by atoms with Crippen LogP contribution < -0.4 is 5.73 Å². The largest absolute Gasteiger partial charge is 0.393 e. The van der Waals surface area contributed by atoms with Crippen LogP contribution >= 0.6 is 0 Å². The van der Waals surface area contributed by atoms with Crippen LogP contribution in [0.5, 0.6) is 0 Å². The second-order valence-corrected chi connectivity index (χ2v) is 6.12. The second kappa shape index (κ2) is 6.72. The monoisotopic (exact) mass is 242 g/mol. The lowest BCUT2D eigenvalue weighted by atomic mass is 9.86. The summed E-state index contributed by atoms with van der Waals surface area (Å²) in [5, 5.41) is 9.99. The van der Waals surface area contributed by atoms with Crippen LogP contribution in [-0.2, 0) is 0 Å². The van der Waals surface area contributed by atoms with E-state index in [1.807, 2.05) is 0 Å². The van der Waals surface area contributed by atoms with Crippen LogP contribution in [0.15, 0.2) is 0 Å². The lowest BCUT2D eigenvalue weighted by molar-refractivity contribution is 0.0539. The minimum atomic E-state index is -0.177. The summed E-state index contributed by atoms with van der Waals surface area (Å²) in [6.45, 7) is 10.8. The van der Waals surface area contributed by atoms with Crippen molar-refractivity contribution in [2.75, 3.05) is 13.1 Å². The van der Waals surface area contributed by atoms with E-state index in [2.05, 4.69) is 32.6 Å². The van der Waals surface area contributed by atoms with E-state index >= 15 is 0 Å². The first-order valence-electron chi connectivity index (χ1n) is 7.11. The van der Waals surface area contributed by atoms with Crippen molar-refractivity contribution < 1.29 is 5.11 Å². The summed E-state index contributed by atoms with van der Waals surface area (Å²) in [5.41, 5.74) is 6.14.